The van der Waals surface area contributed by atoms with Gasteiger partial charge in [0, 0.05) is 5.69 Å². The zero-order valence-electron chi connectivity index (χ0n) is 20.6. The first-order valence-electron chi connectivity index (χ1n) is 11.8. The number of aryl methyl sites for hydroxylation is 1. The largest absolute Gasteiger partial charge is 0.507 e. The summed E-state index contributed by atoms with van der Waals surface area (Å²) in [6.07, 6.45) is 0.793. The summed E-state index contributed by atoms with van der Waals surface area (Å²) in [4.78, 5) is 28.0. The van der Waals surface area contributed by atoms with Crippen LogP contribution in [0.1, 0.15) is 43.5 Å². The van der Waals surface area contributed by atoms with Crippen LogP contribution >= 0.6 is 0 Å². The van der Waals surface area contributed by atoms with E-state index in [1.807, 2.05) is 45.0 Å². The number of aliphatic hydroxyl groups is 1. The van der Waals surface area contributed by atoms with Crippen molar-refractivity contribution in [2.75, 3.05) is 12.0 Å². The number of halogens is 1. The maximum atomic E-state index is 14.1. The van der Waals surface area contributed by atoms with Crippen LogP contribution in [0.5, 0.6) is 11.5 Å². The number of anilines is 1. The summed E-state index contributed by atoms with van der Waals surface area (Å²) in [5, 5.41) is 11.3. The van der Waals surface area contributed by atoms with E-state index in [0.29, 0.717) is 17.0 Å². The molecule has 0 saturated carbocycles. The first-order valence-corrected chi connectivity index (χ1v) is 11.8. The summed E-state index contributed by atoms with van der Waals surface area (Å²) in [6, 6.07) is 17.0. The molecule has 4 rings (SSSR count). The topological polar surface area (TPSA) is 76.1 Å². The lowest BCUT2D eigenvalue weighted by molar-refractivity contribution is -0.132. The molecule has 1 aliphatic heterocycles. The van der Waals surface area contributed by atoms with E-state index in [9.17, 15) is 19.1 Å². The van der Waals surface area contributed by atoms with E-state index in [4.69, 9.17) is 9.47 Å². The predicted molar refractivity (Wildman–Crippen MR) is 136 cm³/mol. The zero-order chi connectivity index (χ0) is 26.0. The molecule has 36 heavy (non-hydrogen) atoms. The minimum atomic E-state index is -0.930. The third-order valence-corrected chi connectivity index (χ3v) is 6.05. The Hall–Kier alpha value is -4.13. The van der Waals surface area contributed by atoms with Gasteiger partial charge >= 0.3 is 0 Å². The van der Waals surface area contributed by atoms with Gasteiger partial charge in [-0.05, 0) is 73.9 Å². The monoisotopic (exact) mass is 489 g/mol. The molecule has 0 radical (unpaired) electrons. The van der Waals surface area contributed by atoms with Crippen molar-refractivity contribution >= 4 is 23.1 Å². The number of methoxy groups -OCH3 is 1. The maximum Gasteiger partial charge on any atom is 0.300 e. The first-order chi connectivity index (χ1) is 17.2. The minimum Gasteiger partial charge on any atom is -0.507 e. The number of carbonyl (C=O) groups excluding carboxylic acids is 2. The molecular formula is C29H28FNO5. The highest BCUT2D eigenvalue weighted by atomic mass is 19.1. The summed E-state index contributed by atoms with van der Waals surface area (Å²) in [6.45, 7) is 5.85. The molecule has 0 spiro atoms. The van der Waals surface area contributed by atoms with Crippen molar-refractivity contribution in [2.45, 2.75) is 39.3 Å². The van der Waals surface area contributed by atoms with Crippen LogP contribution in [0, 0.1) is 5.82 Å². The average Bonchev–Trinajstić information content (AvgIpc) is 3.14. The first kappa shape index (κ1) is 25.0. The molecule has 1 fully saturated rings. The molecule has 1 N–H and O–H groups in total. The second kappa shape index (κ2) is 10.2. The van der Waals surface area contributed by atoms with Gasteiger partial charge in [0.25, 0.3) is 11.7 Å². The molecule has 1 aliphatic rings. The second-order valence-electron chi connectivity index (χ2n) is 8.77. The van der Waals surface area contributed by atoms with E-state index >= 15 is 0 Å². The number of aliphatic hydroxyl groups excluding tert-OH is 1. The highest BCUT2D eigenvalue weighted by Gasteiger charge is 2.47. The van der Waals surface area contributed by atoms with Crippen LogP contribution in [0.15, 0.2) is 72.3 Å². The smallest absolute Gasteiger partial charge is 0.300 e. The fourth-order valence-corrected chi connectivity index (χ4v) is 4.32. The molecular weight excluding hydrogens is 461 g/mol. The molecule has 3 aromatic rings. The number of nitrogens with zero attached hydrogens (tertiary/aromatic N) is 1. The Balaban J connectivity index is 1.91. The Morgan fingerprint density at radius 3 is 2.28 bits per heavy atom. The number of benzene rings is 3. The van der Waals surface area contributed by atoms with Crippen LogP contribution in [-0.4, -0.2) is 30.0 Å². The quantitative estimate of drug-likeness (QED) is 0.258. The van der Waals surface area contributed by atoms with Crippen LogP contribution in [-0.2, 0) is 16.0 Å². The standard InChI is InChI=1S/C29H28FNO5/c1-5-18-6-8-19(9-7-18)26-25(27(32)23-16-20(30)10-15-24(23)35-4)28(33)29(34)31(26)21-11-13-22(14-12-21)36-17(2)3/h6-17,26,32H,5H2,1-4H3/b27-25+. The number of ether oxygens (including phenoxy) is 2. The molecule has 186 valence electrons. The SMILES string of the molecule is CCc1ccc(C2/C(=C(\O)c3cc(F)ccc3OC)C(=O)C(=O)N2c2ccc(OC(C)C)cc2)cc1. The normalized spacial score (nSPS) is 17.1. The van der Waals surface area contributed by atoms with Crippen molar-refractivity contribution in [1.82, 2.24) is 0 Å². The lowest BCUT2D eigenvalue weighted by atomic mass is 9.94. The maximum absolute atomic E-state index is 14.1. The van der Waals surface area contributed by atoms with Gasteiger partial charge in [-0.15, -0.1) is 0 Å². The molecule has 1 heterocycles. The van der Waals surface area contributed by atoms with Gasteiger partial charge in [0.2, 0.25) is 0 Å². The molecule has 7 heteroatoms. The van der Waals surface area contributed by atoms with Gasteiger partial charge < -0.3 is 14.6 Å². The van der Waals surface area contributed by atoms with Crippen molar-refractivity contribution in [3.05, 3.63) is 94.8 Å². The Bertz CT molecular complexity index is 1310. The molecule has 0 bridgehead atoms. The lowest BCUT2D eigenvalue weighted by Gasteiger charge is -2.26. The summed E-state index contributed by atoms with van der Waals surface area (Å²) < 4.78 is 25.1. The highest BCUT2D eigenvalue weighted by molar-refractivity contribution is 6.51. The van der Waals surface area contributed by atoms with Gasteiger partial charge in [-0.1, -0.05) is 31.2 Å². The van der Waals surface area contributed by atoms with Crippen molar-refractivity contribution in [3.8, 4) is 11.5 Å². The van der Waals surface area contributed by atoms with E-state index in [-0.39, 0.29) is 23.0 Å². The molecule has 1 saturated heterocycles. The minimum absolute atomic E-state index is 0.00800. The van der Waals surface area contributed by atoms with Gasteiger partial charge in [0.1, 0.15) is 23.1 Å². The van der Waals surface area contributed by atoms with Crippen LogP contribution < -0.4 is 14.4 Å². The van der Waals surface area contributed by atoms with Crippen LogP contribution in [0.25, 0.3) is 5.76 Å². The molecule has 1 amide bonds. The Morgan fingerprint density at radius 2 is 1.69 bits per heavy atom. The van der Waals surface area contributed by atoms with Crippen molar-refractivity contribution in [3.63, 3.8) is 0 Å². The summed E-state index contributed by atoms with van der Waals surface area (Å²) in [5.74, 6) is -1.98. The van der Waals surface area contributed by atoms with E-state index in [1.54, 1.807) is 24.3 Å². The molecule has 6 nitrogen and oxygen atoms in total. The number of rotatable bonds is 7. The van der Waals surface area contributed by atoms with E-state index in [0.717, 1.165) is 18.1 Å². The Morgan fingerprint density at radius 1 is 1.03 bits per heavy atom. The van der Waals surface area contributed by atoms with E-state index in [2.05, 4.69) is 0 Å². The third-order valence-electron chi connectivity index (χ3n) is 6.05. The van der Waals surface area contributed by atoms with Crippen molar-refractivity contribution in [1.29, 1.82) is 0 Å². The lowest BCUT2D eigenvalue weighted by Crippen LogP contribution is -2.29. The highest BCUT2D eigenvalue weighted by Crippen LogP contribution is 2.43. The number of hydrogen-bond acceptors (Lipinski definition) is 5. The van der Waals surface area contributed by atoms with Crippen LogP contribution in [0.3, 0.4) is 0 Å². The third kappa shape index (κ3) is 4.69. The Labute approximate surface area is 209 Å². The van der Waals surface area contributed by atoms with Gasteiger partial charge in [0.15, 0.2) is 0 Å². The number of hydrogen-bond donors (Lipinski definition) is 1. The molecule has 0 aromatic heterocycles. The van der Waals surface area contributed by atoms with E-state index in [1.165, 1.54) is 24.1 Å². The van der Waals surface area contributed by atoms with Gasteiger partial charge in [-0.25, -0.2) is 4.39 Å². The molecule has 1 unspecified atom stereocenters. The summed E-state index contributed by atoms with van der Waals surface area (Å²) >= 11 is 0. The number of amides is 1. The van der Waals surface area contributed by atoms with Gasteiger partial charge in [-0.2, -0.15) is 0 Å². The van der Waals surface area contributed by atoms with Crippen LogP contribution in [0.2, 0.25) is 0 Å². The van der Waals surface area contributed by atoms with E-state index < -0.39 is 29.3 Å². The molecule has 0 aliphatic carbocycles. The Kier molecular flexibility index (Phi) is 7.10. The number of ketones is 1. The van der Waals surface area contributed by atoms with Crippen molar-refractivity contribution in [2.24, 2.45) is 0 Å². The summed E-state index contributed by atoms with van der Waals surface area (Å²) in [7, 11) is 1.38. The number of carbonyl (C=O) groups is 2. The summed E-state index contributed by atoms with van der Waals surface area (Å²) in [5.41, 5.74) is 2.02. The number of Topliss-reactive ketones (excluding diaryl/α,β-unsaturated/α-hetero) is 1. The molecule has 3 aromatic carbocycles. The fourth-order valence-electron chi connectivity index (χ4n) is 4.32. The van der Waals surface area contributed by atoms with Gasteiger partial charge in [0.05, 0.1) is 30.4 Å². The fraction of sp³-hybridized carbons (Fsp3) is 0.241. The van der Waals surface area contributed by atoms with Crippen molar-refractivity contribution < 1.29 is 28.6 Å². The van der Waals surface area contributed by atoms with Crippen LogP contribution in [0.4, 0.5) is 10.1 Å². The second-order valence-corrected chi connectivity index (χ2v) is 8.77. The zero-order valence-corrected chi connectivity index (χ0v) is 20.6. The average molecular weight is 490 g/mol. The predicted octanol–water partition coefficient (Wildman–Crippen LogP) is 5.81. The molecule has 1 atom stereocenters. The van der Waals surface area contributed by atoms with Gasteiger partial charge in [-0.3, -0.25) is 14.5 Å².